The van der Waals surface area contributed by atoms with E-state index in [4.69, 9.17) is 14.6 Å². The molecule has 1 aliphatic heterocycles. The first-order valence-corrected chi connectivity index (χ1v) is 11.4. The van der Waals surface area contributed by atoms with E-state index in [0.29, 0.717) is 11.7 Å². The van der Waals surface area contributed by atoms with Gasteiger partial charge in [-0.1, -0.05) is 31.1 Å². The minimum Gasteiger partial charge on any atom is -0.343 e. The van der Waals surface area contributed by atoms with Crippen LogP contribution in [0.2, 0.25) is 0 Å². The number of carbonyl (C=O) groups excluding carboxylic acids is 1. The third kappa shape index (κ3) is 3.69. The highest BCUT2D eigenvalue weighted by molar-refractivity contribution is 7.89. The van der Waals surface area contributed by atoms with Gasteiger partial charge >= 0.3 is 0 Å². The average molecular weight is 419 g/mol. The number of aromatic nitrogens is 2. The Balaban J connectivity index is 1.49. The third-order valence-electron chi connectivity index (χ3n) is 6.42. The number of carbonyl (C=O) groups is 1. The average Bonchev–Trinajstić information content (AvgIpc) is 3.01. The van der Waals surface area contributed by atoms with Crippen LogP contribution in [0.15, 0.2) is 33.7 Å². The second-order valence-electron chi connectivity index (χ2n) is 8.66. The van der Waals surface area contributed by atoms with Crippen molar-refractivity contribution in [2.24, 2.45) is 10.6 Å². The summed E-state index contributed by atoms with van der Waals surface area (Å²) < 4.78 is 28.6. The van der Waals surface area contributed by atoms with E-state index < -0.39 is 10.0 Å². The molecule has 1 aliphatic carbocycles. The normalized spacial score (nSPS) is 24.5. The van der Waals surface area contributed by atoms with E-state index in [9.17, 15) is 13.2 Å². The summed E-state index contributed by atoms with van der Waals surface area (Å²) in [7, 11) is -3.70. The van der Waals surface area contributed by atoms with Crippen molar-refractivity contribution in [1.82, 2.24) is 15.0 Å². The third-order valence-corrected chi connectivity index (χ3v) is 7.35. The lowest BCUT2D eigenvalue weighted by atomic mass is 9.96. The van der Waals surface area contributed by atoms with Crippen LogP contribution in [0.25, 0.3) is 0 Å². The molecule has 2 aromatic rings. The van der Waals surface area contributed by atoms with Crippen molar-refractivity contribution in [1.29, 1.82) is 0 Å². The smallest absolute Gasteiger partial charge is 0.238 e. The van der Waals surface area contributed by atoms with Gasteiger partial charge in [-0.25, -0.2) is 13.6 Å². The maximum atomic E-state index is 11.5. The fourth-order valence-electron chi connectivity index (χ4n) is 4.58. The first-order valence-electron chi connectivity index (χ1n) is 9.81. The highest BCUT2D eigenvalue weighted by Crippen LogP contribution is 2.69. The van der Waals surface area contributed by atoms with Crippen LogP contribution < -0.4 is 5.14 Å². The van der Waals surface area contributed by atoms with Crippen LogP contribution in [0.5, 0.6) is 0 Å². The second kappa shape index (κ2) is 6.91. The monoisotopic (exact) mass is 418 g/mol. The van der Waals surface area contributed by atoms with Gasteiger partial charge in [-0.15, -0.1) is 0 Å². The van der Waals surface area contributed by atoms with Crippen molar-refractivity contribution in [2.75, 3.05) is 13.1 Å². The van der Waals surface area contributed by atoms with Crippen molar-refractivity contribution in [3.8, 4) is 0 Å². The van der Waals surface area contributed by atoms with Gasteiger partial charge in [0.2, 0.25) is 21.8 Å². The zero-order valence-electron chi connectivity index (χ0n) is 16.8. The van der Waals surface area contributed by atoms with Crippen LogP contribution in [-0.2, 0) is 14.8 Å². The van der Waals surface area contributed by atoms with Crippen LogP contribution in [0.4, 0.5) is 0 Å². The number of nitrogens with two attached hydrogens (primary N) is 1. The first kappa shape index (κ1) is 20.0. The Hall–Kier alpha value is -2.26. The molecule has 2 N–H and O–H groups in total. The van der Waals surface area contributed by atoms with Gasteiger partial charge in [0.05, 0.1) is 10.8 Å². The Kier molecular flexibility index (Phi) is 4.77. The van der Waals surface area contributed by atoms with Crippen LogP contribution in [0, 0.1) is 5.41 Å². The highest BCUT2D eigenvalue weighted by atomic mass is 32.2. The van der Waals surface area contributed by atoms with Gasteiger partial charge < -0.3 is 9.42 Å². The van der Waals surface area contributed by atoms with Crippen molar-refractivity contribution in [3.05, 3.63) is 41.5 Å². The van der Waals surface area contributed by atoms with E-state index in [-0.39, 0.29) is 34.0 Å². The Labute approximate surface area is 170 Å². The summed E-state index contributed by atoms with van der Waals surface area (Å²) in [5, 5.41) is 9.41. The van der Waals surface area contributed by atoms with Crippen molar-refractivity contribution in [2.45, 2.75) is 56.3 Å². The molecule has 29 heavy (non-hydrogen) atoms. The van der Waals surface area contributed by atoms with E-state index in [1.165, 1.54) is 12.1 Å². The summed E-state index contributed by atoms with van der Waals surface area (Å²) in [4.78, 5) is 18.1. The maximum absolute atomic E-state index is 11.5. The number of hydrogen-bond acceptors (Lipinski definition) is 6. The lowest BCUT2D eigenvalue weighted by molar-refractivity contribution is -0.129. The molecule has 0 bridgehead atoms. The maximum Gasteiger partial charge on any atom is 0.238 e. The Morgan fingerprint density at radius 2 is 1.79 bits per heavy atom. The molecule has 0 spiro atoms. The number of sulfonamides is 1. The Morgan fingerprint density at radius 1 is 1.17 bits per heavy atom. The quantitative estimate of drug-likeness (QED) is 0.814. The predicted octanol–water partition coefficient (Wildman–Crippen LogP) is 2.35. The molecule has 1 aromatic carbocycles. The van der Waals surface area contributed by atoms with Gasteiger partial charge in [-0.2, -0.15) is 4.98 Å². The summed E-state index contributed by atoms with van der Waals surface area (Å²) in [5.74, 6) is 1.91. The number of likely N-dealkylation sites (tertiary alicyclic amines) is 1. The van der Waals surface area contributed by atoms with Crippen LogP contribution in [-0.4, -0.2) is 42.5 Å². The molecule has 2 heterocycles. The second-order valence-corrected chi connectivity index (χ2v) is 10.2. The van der Waals surface area contributed by atoms with Gasteiger partial charge in [0, 0.05) is 31.8 Å². The lowest BCUT2D eigenvalue weighted by Gasteiger charge is -2.29. The molecule has 8 nitrogen and oxygen atoms in total. The predicted molar refractivity (Wildman–Crippen MR) is 106 cm³/mol. The molecule has 1 saturated carbocycles. The number of primary sulfonamides is 1. The van der Waals surface area contributed by atoms with Gasteiger partial charge in [0.25, 0.3) is 0 Å². The van der Waals surface area contributed by atoms with Crippen LogP contribution in [0.3, 0.4) is 0 Å². The Morgan fingerprint density at radius 3 is 2.34 bits per heavy atom. The molecule has 156 valence electrons. The summed E-state index contributed by atoms with van der Waals surface area (Å²) in [6, 6.07) is 6.69. The molecule has 0 unspecified atom stereocenters. The fraction of sp³-hybridized carbons (Fsp3) is 0.550. The molecule has 2 atom stereocenters. The number of benzene rings is 1. The number of piperidine rings is 1. The van der Waals surface area contributed by atoms with E-state index in [1.54, 1.807) is 19.1 Å². The van der Waals surface area contributed by atoms with Crippen molar-refractivity contribution in [3.63, 3.8) is 0 Å². The van der Waals surface area contributed by atoms with E-state index in [2.05, 4.69) is 19.0 Å². The highest BCUT2D eigenvalue weighted by Gasteiger charge is 2.62. The molecular weight excluding hydrogens is 392 g/mol. The number of amides is 1. The van der Waals surface area contributed by atoms with E-state index in [1.807, 2.05) is 4.90 Å². The topological polar surface area (TPSA) is 119 Å². The molecular formula is C20H26N4O4S. The SMILES string of the molecule is CC(=O)N1CCC(c2noc([C@@H]3[C@@H](c4ccc(S(N)(=O)=O)cc4)C3(C)C)n2)CC1. The number of nitrogens with zero attached hydrogens (tertiary/aromatic N) is 3. The summed E-state index contributed by atoms with van der Waals surface area (Å²) in [6.07, 6.45) is 1.68. The first-order chi connectivity index (χ1) is 13.6. The molecule has 9 heteroatoms. The summed E-state index contributed by atoms with van der Waals surface area (Å²) >= 11 is 0. The van der Waals surface area contributed by atoms with E-state index >= 15 is 0 Å². The zero-order valence-corrected chi connectivity index (χ0v) is 17.6. The van der Waals surface area contributed by atoms with Gasteiger partial charge in [0.15, 0.2) is 5.82 Å². The standard InChI is InChI=1S/C20H26N4O4S/c1-12(25)24-10-8-14(9-11-24)18-22-19(28-23-18)17-16(20(17,2)3)13-4-6-15(7-5-13)29(21,26)27/h4-7,14,16-17H,8-11H2,1-3H3,(H2,21,26,27)/t16-,17+/m1/s1. The van der Waals surface area contributed by atoms with Gasteiger partial charge in [-0.05, 0) is 36.0 Å². The van der Waals surface area contributed by atoms with Crippen molar-refractivity contribution >= 4 is 15.9 Å². The molecule has 2 aliphatic rings. The molecule has 1 aromatic heterocycles. The minimum atomic E-state index is -3.70. The van der Waals surface area contributed by atoms with Crippen molar-refractivity contribution < 1.29 is 17.7 Å². The zero-order chi connectivity index (χ0) is 21.0. The molecule has 2 fully saturated rings. The number of hydrogen-bond donors (Lipinski definition) is 1. The minimum absolute atomic E-state index is 0.0646. The molecule has 0 radical (unpaired) electrons. The lowest BCUT2D eigenvalue weighted by Crippen LogP contribution is -2.36. The summed E-state index contributed by atoms with van der Waals surface area (Å²) in [6.45, 7) is 7.32. The van der Waals surface area contributed by atoms with Crippen LogP contribution >= 0.6 is 0 Å². The molecule has 1 amide bonds. The van der Waals surface area contributed by atoms with Gasteiger partial charge in [-0.3, -0.25) is 4.79 Å². The molecule has 4 rings (SSSR count). The fourth-order valence-corrected chi connectivity index (χ4v) is 5.09. The van der Waals surface area contributed by atoms with Crippen LogP contribution in [0.1, 0.15) is 68.6 Å². The Bertz CT molecular complexity index is 1020. The molecule has 1 saturated heterocycles. The number of rotatable bonds is 4. The van der Waals surface area contributed by atoms with E-state index in [0.717, 1.165) is 31.5 Å². The largest absolute Gasteiger partial charge is 0.343 e. The summed E-state index contributed by atoms with van der Waals surface area (Å²) in [5.41, 5.74) is 0.965. The van der Waals surface area contributed by atoms with Gasteiger partial charge in [0.1, 0.15) is 0 Å².